The van der Waals surface area contributed by atoms with Gasteiger partial charge in [-0.25, -0.2) is 0 Å². The number of anilines is 2. The Balaban J connectivity index is 1.43. The first-order chi connectivity index (χ1) is 21.7. The molecule has 218 valence electrons. The van der Waals surface area contributed by atoms with Crippen LogP contribution < -0.4 is 10.6 Å². The predicted octanol–water partition coefficient (Wildman–Crippen LogP) is 11.0. The zero-order valence-corrected chi connectivity index (χ0v) is 25.5. The Morgan fingerprint density at radius 1 is 0.318 bits per heavy atom. The lowest BCUT2D eigenvalue weighted by Crippen LogP contribution is -2.27. The fraction of sp³-hybridized carbons (Fsp3) is 0.143. The van der Waals surface area contributed by atoms with Crippen LogP contribution in [0.2, 0.25) is 0 Å². The zero-order chi connectivity index (χ0) is 30.1. The van der Waals surface area contributed by atoms with Crippen LogP contribution >= 0.6 is 0 Å². The highest BCUT2D eigenvalue weighted by atomic mass is 15.0. The van der Waals surface area contributed by atoms with E-state index < -0.39 is 0 Å². The SMILES string of the molecule is C[C@H](c1ccccc1)c1ccccc1N[C@@H](c1ccccc1)[C@@H](Nc1ccccc1[C@H](C)c1ccccc1)c1ccccc1. The second-order valence-corrected chi connectivity index (χ2v) is 11.5. The van der Waals surface area contributed by atoms with E-state index >= 15 is 0 Å². The summed E-state index contributed by atoms with van der Waals surface area (Å²) < 4.78 is 0. The lowest BCUT2D eigenvalue weighted by molar-refractivity contribution is 0.646. The van der Waals surface area contributed by atoms with Crippen LogP contribution in [0.3, 0.4) is 0 Å². The standard InChI is InChI=1S/C42H40N2/c1-31(33-19-7-3-8-20-33)37-27-15-17-29-39(37)43-41(35-23-11-5-12-24-35)42(36-25-13-6-14-26-36)44-40-30-18-16-28-38(40)32(2)34-21-9-4-10-22-34/h3-32,41-44H,1-2H3/t31-,32-,41+,42+/m1/s1. The van der Waals surface area contributed by atoms with E-state index in [1.807, 2.05) is 0 Å². The van der Waals surface area contributed by atoms with Crippen LogP contribution in [0.4, 0.5) is 11.4 Å². The molecule has 0 saturated carbocycles. The number of rotatable bonds is 11. The monoisotopic (exact) mass is 572 g/mol. The Hall–Kier alpha value is -5.08. The summed E-state index contributed by atoms with van der Waals surface area (Å²) >= 11 is 0. The van der Waals surface area contributed by atoms with Gasteiger partial charge in [-0.1, -0.05) is 172 Å². The Morgan fingerprint density at radius 2 is 0.591 bits per heavy atom. The van der Waals surface area contributed by atoms with Gasteiger partial charge in [-0.3, -0.25) is 0 Å². The summed E-state index contributed by atoms with van der Waals surface area (Å²) in [5, 5.41) is 8.10. The average molecular weight is 573 g/mol. The smallest absolute Gasteiger partial charge is 0.0757 e. The van der Waals surface area contributed by atoms with E-state index in [9.17, 15) is 0 Å². The Bertz CT molecular complexity index is 1600. The number of hydrogen-bond acceptors (Lipinski definition) is 2. The molecule has 0 heterocycles. The van der Waals surface area contributed by atoms with Gasteiger partial charge in [0.05, 0.1) is 12.1 Å². The van der Waals surface area contributed by atoms with Gasteiger partial charge in [0, 0.05) is 23.2 Å². The molecule has 0 unspecified atom stereocenters. The Labute approximate surface area is 262 Å². The van der Waals surface area contributed by atoms with Crippen LogP contribution in [-0.2, 0) is 0 Å². The molecule has 6 rings (SSSR count). The molecule has 0 fully saturated rings. The second-order valence-electron chi connectivity index (χ2n) is 11.5. The molecule has 44 heavy (non-hydrogen) atoms. The minimum Gasteiger partial charge on any atom is -0.376 e. The lowest BCUT2D eigenvalue weighted by Gasteiger charge is -2.33. The van der Waals surface area contributed by atoms with Crippen molar-refractivity contribution in [3.63, 3.8) is 0 Å². The molecular weight excluding hydrogens is 532 g/mol. The molecule has 0 radical (unpaired) electrons. The van der Waals surface area contributed by atoms with E-state index in [4.69, 9.17) is 0 Å². The van der Waals surface area contributed by atoms with Crippen molar-refractivity contribution in [2.75, 3.05) is 10.6 Å². The topological polar surface area (TPSA) is 24.1 Å². The van der Waals surface area contributed by atoms with Crippen molar-refractivity contribution in [1.82, 2.24) is 0 Å². The molecule has 0 aliphatic rings. The summed E-state index contributed by atoms with van der Waals surface area (Å²) in [6.45, 7) is 4.59. The van der Waals surface area contributed by atoms with Crippen LogP contribution in [0.15, 0.2) is 170 Å². The van der Waals surface area contributed by atoms with Crippen molar-refractivity contribution < 1.29 is 0 Å². The van der Waals surface area contributed by atoms with Crippen molar-refractivity contribution >= 4 is 11.4 Å². The van der Waals surface area contributed by atoms with Crippen LogP contribution in [0.25, 0.3) is 0 Å². The van der Waals surface area contributed by atoms with Gasteiger partial charge in [0.15, 0.2) is 0 Å². The number of nitrogens with one attached hydrogen (secondary N) is 2. The van der Waals surface area contributed by atoms with Gasteiger partial charge in [0.2, 0.25) is 0 Å². The molecule has 0 aliphatic heterocycles. The normalized spacial score (nSPS) is 13.8. The van der Waals surface area contributed by atoms with E-state index in [1.54, 1.807) is 0 Å². The molecule has 0 spiro atoms. The highest BCUT2D eigenvalue weighted by Crippen LogP contribution is 2.40. The summed E-state index contributed by atoms with van der Waals surface area (Å²) in [5.74, 6) is 0.485. The van der Waals surface area contributed by atoms with E-state index in [0.717, 1.165) is 11.4 Å². The molecule has 6 aromatic rings. The van der Waals surface area contributed by atoms with Crippen LogP contribution in [0.1, 0.15) is 71.1 Å². The second kappa shape index (κ2) is 13.9. The van der Waals surface area contributed by atoms with Crippen molar-refractivity contribution in [3.05, 3.63) is 203 Å². The maximum Gasteiger partial charge on any atom is 0.0757 e. The fourth-order valence-corrected chi connectivity index (χ4v) is 6.23. The first-order valence-corrected chi connectivity index (χ1v) is 15.6. The minimum absolute atomic E-state index is 0.0530. The summed E-state index contributed by atoms with van der Waals surface area (Å²) in [6.07, 6.45) is 0. The molecule has 0 saturated heterocycles. The fourth-order valence-electron chi connectivity index (χ4n) is 6.23. The third kappa shape index (κ3) is 6.61. The third-order valence-electron chi connectivity index (χ3n) is 8.73. The van der Waals surface area contributed by atoms with Gasteiger partial charge in [-0.05, 0) is 45.5 Å². The van der Waals surface area contributed by atoms with Gasteiger partial charge in [0.1, 0.15) is 0 Å². The Kier molecular flexibility index (Phi) is 9.18. The summed E-state index contributed by atoms with van der Waals surface area (Å²) in [4.78, 5) is 0. The van der Waals surface area contributed by atoms with Crippen LogP contribution in [-0.4, -0.2) is 0 Å². The quantitative estimate of drug-likeness (QED) is 0.161. The average Bonchev–Trinajstić information content (AvgIpc) is 3.11. The van der Waals surface area contributed by atoms with Crippen LogP contribution in [0.5, 0.6) is 0 Å². The lowest BCUT2D eigenvalue weighted by atomic mass is 9.88. The Morgan fingerprint density at radius 3 is 0.932 bits per heavy atom. The molecule has 2 N–H and O–H groups in total. The third-order valence-corrected chi connectivity index (χ3v) is 8.73. The largest absolute Gasteiger partial charge is 0.376 e. The number of benzene rings is 6. The summed E-state index contributed by atoms with van der Waals surface area (Å²) in [7, 11) is 0. The minimum atomic E-state index is -0.0530. The van der Waals surface area contributed by atoms with Gasteiger partial charge >= 0.3 is 0 Å². The first kappa shape index (κ1) is 29.0. The molecule has 6 aromatic carbocycles. The molecule has 2 heteroatoms. The number of hydrogen-bond donors (Lipinski definition) is 2. The molecule has 0 aromatic heterocycles. The van der Waals surface area contributed by atoms with E-state index in [0.29, 0.717) is 0 Å². The van der Waals surface area contributed by atoms with Crippen LogP contribution in [0, 0.1) is 0 Å². The van der Waals surface area contributed by atoms with Crippen molar-refractivity contribution in [3.8, 4) is 0 Å². The van der Waals surface area contributed by atoms with Crippen molar-refractivity contribution in [2.45, 2.75) is 37.8 Å². The zero-order valence-electron chi connectivity index (χ0n) is 25.5. The maximum absolute atomic E-state index is 4.05. The van der Waals surface area contributed by atoms with Gasteiger partial charge in [0.25, 0.3) is 0 Å². The molecule has 0 aliphatic carbocycles. The summed E-state index contributed by atoms with van der Waals surface area (Å²) in [6, 6.07) is 60.6. The van der Waals surface area contributed by atoms with Gasteiger partial charge in [-0.2, -0.15) is 0 Å². The van der Waals surface area contributed by atoms with Gasteiger partial charge in [-0.15, -0.1) is 0 Å². The first-order valence-electron chi connectivity index (χ1n) is 15.6. The van der Waals surface area contributed by atoms with Crippen molar-refractivity contribution in [2.24, 2.45) is 0 Å². The molecule has 4 atom stereocenters. The molecule has 0 amide bonds. The highest BCUT2D eigenvalue weighted by Gasteiger charge is 2.27. The predicted molar refractivity (Wildman–Crippen MR) is 186 cm³/mol. The van der Waals surface area contributed by atoms with Gasteiger partial charge < -0.3 is 10.6 Å². The highest BCUT2D eigenvalue weighted by molar-refractivity contribution is 5.60. The molecular formula is C42H40N2. The summed E-state index contributed by atoms with van der Waals surface area (Å²) in [5.41, 5.74) is 9.92. The van der Waals surface area contributed by atoms with E-state index in [1.165, 1.54) is 33.4 Å². The number of para-hydroxylation sites is 2. The molecule has 2 nitrogen and oxygen atoms in total. The van der Waals surface area contributed by atoms with E-state index in [-0.39, 0.29) is 23.9 Å². The molecule has 0 bridgehead atoms. The maximum atomic E-state index is 4.05. The van der Waals surface area contributed by atoms with E-state index in [2.05, 4.69) is 194 Å². The van der Waals surface area contributed by atoms with Crippen molar-refractivity contribution in [1.29, 1.82) is 0 Å².